The molecule has 5 rings (SSSR count). The fourth-order valence-corrected chi connectivity index (χ4v) is 3.77. The van der Waals surface area contributed by atoms with E-state index in [-0.39, 0.29) is 24.0 Å². The number of amidine groups is 1. The summed E-state index contributed by atoms with van der Waals surface area (Å²) in [6.07, 6.45) is 2.74. The molecule has 140 valence electrons. The van der Waals surface area contributed by atoms with Crippen molar-refractivity contribution < 1.29 is 9.50 Å². The van der Waals surface area contributed by atoms with Crippen molar-refractivity contribution in [3.8, 4) is 0 Å². The standard InChI is InChI=1S/C21H18FN5O/c22-13-5-6-16-17(9-13)26-21(25-16)19-18(28)11-27(20(19)23)8-7-12-10-24-15-4-2-1-3-14(12)15/h1-6,9-10,23-24,28H,7-8,11H2,(H,25,26). The SMILES string of the molecule is N=C1C(c2nc3ccc(F)cc3[nH]2)=C(O)CN1CCc1c[nH]c2ccccc12. The Morgan fingerprint density at radius 1 is 1.18 bits per heavy atom. The van der Waals surface area contributed by atoms with Crippen molar-refractivity contribution in [1.82, 2.24) is 19.9 Å². The Kier molecular flexibility index (Phi) is 3.68. The van der Waals surface area contributed by atoms with Crippen LogP contribution in [-0.2, 0) is 6.42 Å². The minimum Gasteiger partial charge on any atom is -0.510 e. The molecule has 2 aromatic heterocycles. The van der Waals surface area contributed by atoms with Crippen LogP contribution in [0.1, 0.15) is 11.4 Å². The van der Waals surface area contributed by atoms with Crippen LogP contribution in [0.25, 0.3) is 27.5 Å². The average Bonchev–Trinajstić information content (AvgIpc) is 3.35. The molecule has 0 radical (unpaired) electrons. The molecule has 2 aromatic carbocycles. The molecule has 0 spiro atoms. The lowest BCUT2D eigenvalue weighted by Gasteiger charge is -2.18. The van der Waals surface area contributed by atoms with Crippen molar-refractivity contribution in [1.29, 1.82) is 5.41 Å². The van der Waals surface area contributed by atoms with E-state index in [9.17, 15) is 9.50 Å². The molecule has 0 unspecified atom stereocenters. The summed E-state index contributed by atoms with van der Waals surface area (Å²) in [7, 11) is 0. The molecule has 0 amide bonds. The third-order valence-corrected chi connectivity index (χ3v) is 5.19. The third-order valence-electron chi connectivity index (χ3n) is 5.19. The maximum Gasteiger partial charge on any atom is 0.145 e. The van der Waals surface area contributed by atoms with Gasteiger partial charge in [0.25, 0.3) is 0 Å². The summed E-state index contributed by atoms with van der Waals surface area (Å²) in [5.74, 6) is 0.348. The van der Waals surface area contributed by atoms with Gasteiger partial charge in [-0.15, -0.1) is 0 Å². The second kappa shape index (κ2) is 6.23. The number of aromatic nitrogens is 3. The summed E-state index contributed by atoms with van der Waals surface area (Å²) in [6, 6.07) is 12.4. The largest absolute Gasteiger partial charge is 0.510 e. The molecule has 6 nitrogen and oxygen atoms in total. The molecule has 4 aromatic rings. The number of benzene rings is 2. The van der Waals surface area contributed by atoms with E-state index in [1.54, 1.807) is 6.07 Å². The monoisotopic (exact) mass is 375 g/mol. The fourth-order valence-electron chi connectivity index (χ4n) is 3.77. The van der Waals surface area contributed by atoms with Crippen LogP contribution >= 0.6 is 0 Å². The zero-order chi connectivity index (χ0) is 19.3. The quantitative estimate of drug-likeness (QED) is 0.435. The number of aliphatic hydroxyl groups is 1. The lowest BCUT2D eigenvalue weighted by Crippen LogP contribution is -2.29. The number of hydrogen-bond acceptors (Lipinski definition) is 3. The van der Waals surface area contributed by atoms with E-state index < -0.39 is 0 Å². The summed E-state index contributed by atoms with van der Waals surface area (Å²) in [5, 5.41) is 20.1. The highest BCUT2D eigenvalue weighted by Gasteiger charge is 2.30. The van der Waals surface area contributed by atoms with Crippen LogP contribution in [0.15, 0.2) is 54.4 Å². The zero-order valence-corrected chi connectivity index (χ0v) is 15.0. The molecule has 0 aliphatic carbocycles. The number of nitrogens with one attached hydrogen (secondary N) is 3. The number of rotatable bonds is 4. The van der Waals surface area contributed by atoms with Crippen molar-refractivity contribution in [3.05, 3.63) is 71.6 Å². The minimum atomic E-state index is -0.359. The Morgan fingerprint density at radius 3 is 2.93 bits per heavy atom. The lowest BCUT2D eigenvalue weighted by molar-refractivity contribution is 0.351. The first-order valence-electron chi connectivity index (χ1n) is 9.07. The molecule has 1 aliphatic rings. The number of hydrogen-bond donors (Lipinski definition) is 4. The Labute approximate surface area is 159 Å². The van der Waals surface area contributed by atoms with E-state index >= 15 is 0 Å². The molecular weight excluding hydrogens is 357 g/mol. The van der Waals surface area contributed by atoms with Gasteiger partial charge in [0, 0.05) is 23.6 Å². The van der Waals surface area contributed by atoms with Crippen LogP contribution in [0.3, 0.4) is 0 Å². The van der Waals surface area contributed by atoms with Gasteiger partial charge in [0.15, 0.2) is 0 Å². The highest BCUT2D eigenvalue weighted by atomic mass is 19.1. The lowest BCUT2D eigenvalue weighted by atomic mass is 10.1. The summed E-state index contributed by atoms with van der Waals surface area (Å²) in [6.45, 7) is 0.866. The maximum atomic E-state index is 13.4. The van der Waals surface area contributed by atoms with Crippen molar-refractivity contribution >= 4 is 33.3 Å². The van der Waals surface area contributed by atoms with Gasteiger partial charge in [-0.2, -0.15) is 0 Å². The van der Waals surface area contributed by atoms with E-state index in [0.717, 1.165) is 11.9 Å². The summed E-state index contributed by atoms with van der Waals surface area (Å²) in [5.41, 5.74) is 3.78. The second-order valence-electron chi connectivity index (χ2n) is 6.95. The number of imidazole rings is 1. The average molecular weight is 375 g/mol. The predicted octanol–water partition coefficient (Wildman–Crippen LogP) is 3.99. The van der Waals surface area contributed by atoms with Gasteiger partial charge in [0.1, 0.15) is 23.2 Å². The van der Waals surface area contributed by atoms with Crippen molar-refractivity contribution in [2.75, 3.05) is 13.1 Å². The number of aliphatic hydroxyl groups excluding tert-OH is 1. The molecule has 0 bridgehead atoms. The van der Waals surface area contributed by atoms with Crippen molar-refractivity contribution in [3.63, 3.8) is 0 Å². The molecule has 0 saturated heterocycles. The van der Waals surface area contributed by atoms with E-state index in [4.69, 9.17) is 5.41 Å². The van der Waals surface area contributed by atoms with E-state index in [1.807, 2.05) is 29.3 Å². The summed E-state index contributed by atoms with van der Waals surface area (Å²) < 4.78 is 13.4. The van der Waals surface area contributed by atoms with Gasteiger partial charge in [-0.25, -0.2) is 9.37 Å². The molecule has 1 aliphatic heterocycles. The van der Waals surface area contributed by atoms with Crippen LogP contribution in [0.5, 0.6) is 0 Å². The zero-order valence-electron chi connectivity index (χ0n) is 15.0. The number of nitrogens with zero attached hydrogens (tertiary/aromatic N) is 2. The van der Waals surface area contributed by atoms with Gasteiger partial charge in [0.05, 0.1) is 23.2 Å². The highest BCUT2D eigenvalue weighted by molar-refractivity contribution is 6.23. The normalized spacial score (nSPS) is 14.8. The number of aromatic amines is 2. The first kappa shape index (κ1) is 16.6. The van der Waals surface area contributed by atoms with Gasteiger partial charge in [-0.05, 0) is 36.2 Å². The van der Waals surface area contributed by atoms with E-state index in [1.165, 1.54) is 23.1 Å². The Hall–Kier alpha value is -3.61. The number of H-pyrrole nitrogens is 2. The minimum absolute atomic E-state index is 0.100. The summed E-state index contributed by atoms with van der Waals surface area (Å²) >= 11 is 0. The number of para-hydroxylation sites is 1. The third kappa shape index (κ3) is 2.63. The molecule has 28 heavy (non-hydrogen) atoms. The molecule has 7 heteroatoms. The first-order chi connectivity index (χ1) is 13.6. The molecule has 0 saturated carbocycles. The Bertz CT molecular complexity index is 1250. The number of fused-ring (bicyclic) bond motifs is 2. The van der Waals surface area contributed by atoms with Crippen LogP contribution in [0.4, 0.5) is 4.39 Å². The molecule has 3 heterocycles. The van der Waals surface area contributed by atoms with E-state index in [0.29, 0.717) is 29.0 Å². The van der Waals surface area contributed by atoms with Gasteiger partial charge in [-0.3, -0.25) is 5.41 Å². The van der Waals surface area contributed by atoms with Gasteiger partial charge >= 0.3 is 0 Å². The van der Waals surface area contributed by atoms with E-state index in [2.05, 4.69) is 21.0 Å². The number of halogens is 1. The molecular formula is C21H18FN5O. The van der Waals surface area contributed by atoms with Crippen LogP contribution in [0.2, 0.25) is 0 Å². The van der Waals surface area contributed by atoms with Gasteiger partial charge < -0.3 is 20.0 Å². The van der Waals surface area contributed by atoms with Crippen LogP contribution in [-0.4, -0.2) is 43.9 Å². The van der Waals surface area contributed by atoms with Gasteiger partial charge in [-0.1, -0.05) is 18.2 Å². The Balaban J connectivity index is 1.37. The maximum absolute atomic E-state index is 13.4. The van der Waals surface area contributed by atoms with Crippen molar-refractivity contribution in [2.24, 2.45) is 0 Å². The Morgan fingerprint density at radius 2 is 2.04 bits per heavy atom. The predicted molar refractivity (Wildman–Crippen MR) is 107 cm³/mol. The van der Waals surface area contributed by atoms with Gasteiger partial charge in [0.2, 0.25) is 0 Å². The first-order valence-corrected chi connectivity index (χ1v) is 9.07. The molecule has 0 atom stereocenters. The fraction of sp³-hybridized carbons (Fsp3) is 0.143. The smallest absolute Gasteiger partial charge is 0.145 e. The molecule has 0 fully saturated rings. The van der Waals surface area contributed by atoms with Crippen molar-refractivity contribution in [2.45, 2.75) is 6.42 Å². The van der Waals surface area contributed by atoms with Crippen LogP contribution < -0.4 is 0 Å². The summed E-state index contributed by atoms with van der Waals surface area (Å²) in [4.78, 5) is 12.5. The molecule has 4 N–H and O–H groups in total. The van der Waals surface area contributed by atoms with Crippen LogP contribution in [0, 0.1) is 11.2 Å². The second-order valence-corrected chi connectivity index (χ2v) is 6.95. The topological polar surface area (TPSA) is 91.8 Å². The highest BCUT2D eigenvalue weighted by Crippen LogP contribution is 2.28.